The van der Waals surface area contributed by atoms with Gasteiger partial charge < -0.3 is 4.90 Å². The molecule has 0 aliphatic carbocycles. The average Bonchev–Trinajstić information content (AvgIpc) is 2.70. The fourth-order valence-corrected chi connectivity index (χ4v) is 2.42. The molecule has 0 spiro atoms. The highest BCUT2D eigenvalue weighted by atomic mass is 79.9. The van der Waals surface area contributed by atoms with Crippen LogP contribution in [0.25, 0.3) is 0 Å². The molecule has 0 radical (unpaired) electrons. The van der Waals surface area contributed by atoms with E-state index in [9.17, 15) is 9.18 Å². The van der Waals surface area contributed by atoms with Gasteiger partial charge in [0, 0.05) is 11.0 Å². The zero-order chi connectivity index (χ0) is 12.4. The summed E-state index contributed by atoms with van der Waals surface area (Å²) in [7, 11) is 0. The first-order valence-corrected chi connectivity index (χ1v) is 6.59. The van der Waals surface area contributed by atoms with Crippen LogP contribution in [0.5, 0.6) is 0 Å². The third-order valence-electron chi connectivity index (χ3n) is 2.82. The Kier molecular flexibility index (Phi) is 4.05. The van der Waals surface area contributed by atoms with Gasteiger partial charge in [0.25, 0.3) is 0 Å². The number of carbonyl (C=O) groups is 1. The monoisotopic (exact) mass is 319 g/mol. The Morgan fingerprint density at radius 2 is 2.35 bits per heavy atom. The zero-order valence-electron chi connectivity index (χ0n) is 9.13. The molecule has 1 fully saturated rings. The van der Waals surface area contributed by atoms with Crippen LogP contribution in [0, 0.1) is 0 Å². The molecule has 0 aromatic heterocycles. The van der Waals surface area contributed by atoms with Gasteiger partial charge in [0.2, 0.25) is 5.91 Å². The number of halogens is 3. The minimum Gasteiger partial charge on any atom is -0.339 e. The third kappa shape index (κ3) is 3.19. The molecule has 2 nitrogen and oxygen atoms in total. The summed E-state index contributed by atoms with van der Waals surface area (Å²) >= 11 is 9.18. The molecular formula is C12H12BrClFNO. The van der Waals surface area contributed by atoms with Crippen molar-refractivity contribution in [2.45, 2.75) is 19.0 Å². The second-order valence-electron chi connectivity index (χ2n) is 4.15. The Bertz CT molecular complexity index is 441. The van der Waals surface area contributed by atoms with E-state index >= 15 is 0 Å². The highest BCUT2D eigenvalue weighted by molar-refractivity contribution is 9.10. The zero-order valence-corrected chi connectivity index (χ0v) is 11.5. The molecular weight excluding hydrogens is 308 g/mol. The van der Waals surface area contributed by atoms with Crippen molar-refractivity contribution in [3.63, 3.8) is 0 Å². The number of rotatable bonds is 2. The van der Waals surface area contributed by atoms with Gasteiger partial charge in [0.05, 0.1) is 18.0 Å². The SMILES string of the molecule is O=C(Cc1ccc(Cl)c(Br)c1)N1CC[C@@H](F)C1. The predicted molar refractivity (Wildman–Crippen MR) is 68.9 cm³/mol. The van der Waals surface area contributed by atoms with Crippen molar-refractivity contribution in [2.24, 2.45) is 0 Å². The van der Waals surface area contributed by atoms with Gasteiger partial charge >= 0.3 is 0 Å². The molecule has 0 unspecified atom stereocenters. The highest BCUT2D eigenvalue weighted by Crippen LogP contribution is 2.24. The Morgan fingerprint density at radius 1 is 1.59 bits per heavy atom. The summed E-state index contributed by atoms with van der Waals surface area (Å²) in [6.45, 7) is 0.752. The maximum Gasteiger partial charge on any atom is 0.227 e. The van der Waals surface area contributed by atoms with Crippen molar-refractivity contribution in [1.82, 2.24) is 4.90 Å². The fourth-order valence-electron chi connectivity index (χ4n) is 1.88. The lowest BCUT2D eigenvalue weighted by molar-refractivity contribution is -0.129. The summed E-state index contributed by atoms with van der Waals surface area (Å²) in [6, 6.07) is 5.38. The third-order valence-corrected chi connectivity index (χ3v) is 4.04. The van der Waals surface area contributed by atoms with Crippen LogP contribution in [0.1, 0.15) is 12.0 Å². The lowest BCUT2D eigenvalue weighted by atomic mass is 10.1. The van der Waals surface area contributed by atoms with Crippen molar-refractivity contribution in [3.8, 4) is 0 Å². The molecule has 2 rings (SSSR count). The first-order chi connectivity index (χ1) is 8.06. The lowest BCUT2D eigenvalue weighted by Crippen LogP contribution is -2.30. The number of alkyl halides is 1. The fraction of sp³-hybridized carbons (Fsp3) is 0.417. The number of hydrogen-bond donors (Lipinski definition) is 0. The molecule has 92 valence electrons. The summed E-state index contributed by atoms with van der Waals surface area (Å²) in [6.07, 6.45) is -0.116. The van der Waals surface area contributed by atoms with Crippen LogP contribution in [0.15, 0.2) is 22.7 Å². The summed E-state index contributed by atoms with van der Waals surface area (Å²) in [5.74, 6) is -0.0284. The van der Waals surface area contributed by atoms with Gasteiger partial charge in [-0.1, -0.05) is 17.7 Å². The largest absolute Gasteiger partial charge is 0.339 e. The minimum atomic E-state index is -0.865. The van der Waals surface area contributed by atoms with Gasteiger partial charge in [-0.25, -0.2) is 4.39 Å². The van der Waals surface area contributed by atoms with E-state index in [1.807, 2.05) is 12.1 Å². The van der Waals surface area contributed by atoms with Crippen LogP contribution >= 0.6 is 27.5 Å². The van der Waals surface area contributed by atoms with Crippen LogP contribution < -0.4 is 0 Å². The molecule has 1 saturated heterocycles. The Balaban J connectivity index is 2.00. The molecule has 1 atom stereocenters. The van der Waals surface area contributed by atoms with E-state index < -0.39 is 6.17 Å². The van der Waals surface area contributed by atoms with Crippen molar-refractivity contribution in [3.05, 3.63) is 33.3 Å². The molecule has 1 aromatic rings. The summed E-state index contributed by atoms with van der Waals surface area (Å²) in [4.78, 5) is 13.4. The molecule has 5 heteroatoms. The van der Waals surface area contributed by atoms with E-state index in [1.54, 1.807) is 11.0 Å². The van der Waals surface area contributed by atoms with E-state index in [4.69, 9.17) is 11.6 Å². The molecule has 1 aliphatic rings. The number of hydrogen-bond acceptors (Lipinski definition) is 1. The van der Waals surface area contributed by atoms with Crippen molar-refractivity contribution < 1.29 is 9.18 Å². The molecule has 0 N–H and O–H groups in total. The standard InChI is InChI=1S/C12H12BrClFNO/c13-10-5-8(1-2-11(10)14)6-12(17)16-4-3-9(15)7-16/h1-2,5,9H,3-4,6-7H2/t9-/m1/s1. The number of benzene rings is 1. The van der Waals surface area contributed by atoms with Gasteiger partial charge in [-0.05, 0) is 40.0 Å². The van der Waals surface area contributed by atoms with E-state index in [2.05, 4.69) is 15.9 Å². The predicted octanol–water partition coefficient (Wildman–Crippen LogP) is 3.22. The van der Waals surface area contributed by atoms with E-state index in [1.165, 1.54) is 0 Å². The lowest BCUT2D eigenvalue weighted by Gasteiger charge is -2.15. The number of likely N-dealkylation sites (tertiary alicyclic amines) is 1. The highest BCUT2D eigenvalue weighted by Gasteiger charge is 2.25. The molecule has 1 aliphatic heterocycles. The van der Waals surface area contributed by atoms with Crippen LogP contribution in [0.4, 0.5) is 4.39 Å². The van der Waals surface area contributed by atoms with E-state index in [0.29, 0.717) is 24.4 Å². The first-order valence-electron chi connectivity index (χ1n) is 5.42. The average molecular weight is 321 g/mol. The van der Waals surface area contributed by atoms with Gasteiger partial charge in [-0.3, -0.25) is 4.79 Å². The van der Waals surface area contributed by atoms with Crippen LogP contribution in [0.2, 0.25) is 5.02 Å². The normalized spacial score (nSPS) is 19.7. The van der Waals surface area contributed by atoms with Crippen LogP contribution in [-0.4, -0.2) is 30.1 Å². The van der Waals surface area contributed by atoms with E-state index in [0.717, 1.165) is 10.0 Å². The van der Waals surface area contributed by atoms with Crippen LogP contribution in [0.3, 0.4) is 0 Å². The second kappa shape index (κ2) is 5.36. The summed E-state index contributed by atoms with van der Waals surface area (Å²) < 4.78 is 13.7. The number of amides is 1. The van der Waals surface area contributed by atoms with Crippen molar-refractivity contribution in [2.75, 3.05) is 13.1 Å². The van der Waals surface area contributed by atoms with Crippen molar-refractivity contribution in [1.29, 1.82) is 0 Å². The number of nitrogens with zero attached hydrogens (tertiary/aromatic N) is 1. The van der Waals surface area contributed by atoms with Crippen LogP contribution in [-0.2, 0) is 11.2 Å². The molecule has 1 amide bonds. The van der Waals surface area contributed by atoms with Gasteiger partial charge in [-0.15, -0.1) is 0 Å². The van der Waals surface area contributed by atoms with E-state index in [-0.39, 0.29) is 12.5 Å². The summed E-state index contributed by atoms with van der Waals surface area (Å²) in [5, 5.41) is 0.617. The van der Waals surface area contributed by atoms with Gasteiger partial charge in [-0.2, -0.15) is 0 Å². The topological polar surface area (TPSA) is 20.3 Å². The van der Waals surface area contributed by atoms with Gasteiger partial charge in [0.15, 0.2) is 0 Å². The van der Waals surface area contributed by atoms with Gasteiger partial charge in [0.1, 0.15) is 6.17 Å². The molecule has 1 aromatic carbocycles. The molecule has 17 heavy (non-hydrogen) atoms. The quantitative estimate of drug-likeness (QED) is 0.819. The Hall–Kier alpha value is -0.610. The number of carbonyl (C=O) groups excluding carboxylic acids is 1. The first kappa shape index (κ1) is 12.8. The minimum absolute atomic E-state index is 0.0284. The molecule has 0 saturated carbocycles. The Labute approximate surface area is 113 Å². The maximum absolute atomic E-state index is 13.0. The Morgan fingerprint density at radius 3 is 2.94 bits per heavy atom. The second-order valence-corrected chi connectivity index (χ2v) is 5.41. The summed E-state index contributed by atoms with van der Waals surface area (Å²) in [5.41, 5.74) is 0.883. The smallest absolute Gasteiger partial charge is 0.227 e. The maximum atomic E-state index is 13.0. The molecule has 0 bridgehead atoms. The molecule has 1 heterocycles. The van der Waals surface area contributed by atoms with Crippen molar-refractivity contribution >= 4 is 33.4 Å².